The molecule has 0 aromatic carbocycles. The fraction of sp³-hybridized carbons (Fsp3) is 1.00. The fourth-order valence-electron chi connectivity index (χ4n) is 4.90. The van der Waals surface area contributed by atoms with Crippen molar-refractivity contribution in [3.8, 4) is 0 Å². The predicted molar refractivity (Wildman–Crippen MR) is 74.4 cm³/mol. The normalized spacial score (nSPS) is 45.5. The minimum Gasteiger partial charge on any atom is -0.389 e. The average molecular weight is 251 g/mol. The van der Waals surface area contributed by atoms with Gasteiger partial charge in [0.1, 0.15) is 0 Å². The second kappa shape index (κ2) is 4.21. The summed E-state index contributed by atoms with van der Waals surface area (Å²) in [6.07, 6.45) is 8.57. The van der Waals surface area contributed by atoms with Crippen molar-refractivity contribution in [3.05, 3.63) is 0 Å². The van der Waals surface area contributed by atoms with Crippen LogP contribution in [0.3, 0.4) is 0 Å². The van der Waals surface area contributed by atoms with Gasteiger partial charge in [0.05, 0.1) is 5.60 Å². The van der Waals surface area contributed by atoms with Gasteiger partial charge < -0.3 is 10.4 Å². The van der Waals surface area contributed by atoms with Crippen LogP contribution in [-0.2, 0) is 0 Å². The Morgan fingerprint density at radius 3 is 1.94 bits per heavy atom. The molecule has 4 bridgehead atoms. The number of aliphatic hydroxyl groups is 1. The smallest absolute Gasteiger partial charge is 0.0766 e. The van der Waals surface area contributed by atoms with Crippen LogP contribution < -0.4 is 5.32 Å². The van der Waals surface area contributed by atoms with Crippen molar-refractivity contribution in [1.82, 2.24) is 5.32 Å². The lowest BCUT2D eigenvalue weighted by Gasteiger charge is -2.57. The third-order valence-electron chi connectivity index (χ3n) is 6.10. The Labute approximate surface area is 112 Å². The highest BCUT2D eigenvalue weighted by Gasteiger charge is 2.51. The van der Waals surface area contributed by atoms with Crippen LogP contribution in [0.2, 0.25) is 0 Å². The van der Waals surface area contributed by atoms with Crippen LogP contribution in [0.4, 0.5) is 0 Å². The van der Waals surface area contributed by atoms with Gasteiger partial charge in [-0.3, -0.25) is 0 Å². The number of hydrogen-bond acceptors (Lipinski definition) is 2. The van der Waals surface area contributed by atoms with E-state index in [0.717, 1.165) is 24.3 Å². The maximum Gasteiger partial charge on any atom is 0.0766 e. The lowest BCUT2D eigenvalue weighted by molar-refractivity contribution is -0.0443. The van der Waals surface area contributed by atoms with Crippen molar-refractivity contribution in [2.75, 3.05) is 6.54 Å². The van der Waals surface area contributed by atoms with E-state index in [1.807, 2.05) is 6.92 Å². The Kier molecular flexibility index (Phi) is 3.02. The van der Waals surface area contributed by atoms with Crippen molar-refractivity contribution in [2.45, 2.75) is 70.4 Å². The highest BCUT2D eigenvalue weighted by Crippen LogP contribution is 2.55. The number of nitrogens with one attached hydrogen (secondary N) is 1. The Morgan fingerprint density at radius 1 is 1.11 bits per heavy atom. The van der Waals surface area contributed by atoms with Crippen molar-refractivity contribution in [1.29, 1.82) is 0 Å². The van der Waals surface area contributed by atoms with E-state index in [-0.39, 0.29) is 0 Å². The van der Waals surface area contributed by atoms with Gasteiger partial charge in [-0.2, -0.15) is 0 Å². The first-order chi connectivity index (χ1) is 8.39. The van der Waals surface area contributed by atoms with Gasteiger partial charge in [0.15, 0.2) is 0 Å². The molecule has 0 heterocycles. The first-order valence-electron chi connectivity index (χ1n) is 7.86. The molecule has 4 aliphatic rings. The van der Waals surface area contributed by atoms with Crippen LogP contribution >= 0.6 is 0 Å². The van der Waals surface area contributed by atoms with Crippen LogP contribution in [0.5, 0.6) is 0 Å². The van der Waals surface area contributed by atoms with E-state index in [1.54, 1.807) is 0 Å². The van der Waals surface area contributed by atoms with E-state index in [1.165, 1.54) is 38.5 Å². The number of hydrogen-bond donors (Lipinski definition) is 2. The fourth-order valence-corrected chi connectivity index (χ4v) is 4.90. The van der Waals surface area contributed by atoms with Crippen LogP contribution in [0.1, 0.15) is 59.3 Å². The summed E-state index contributed by atoms with van der Waals surface area (Å²) in [5, 5.41) is 14.2. The molecule has 1 atom stereocenters. The molecule has 0 amide bonds. The van der Waals surface area contributed by atoms with Gasteiger partial charge in [0.25, 0.3) is 0 Å². The minimum absolute atomic E-state index is 0.318. The quantitative estimate of drug-likeness (QED) is 0.805. The van der Waals surface area contributed by atoms with Gasteiger partial charge in [-0.25, -0.2) is 0 Å². The highest BCUT2D eigenvalue weighted by atomic mass is 16.3. The molecule has 2 heteroatoms. The molecule has 0 aromatic heterocycles. The molecule has 2 N–H and O–H groups in total. The first kappa shape index (κ1) is 12.9. The van der Waals surface area contributed by atoms with Crippen LogP contribution in [0.15, 0.2) is 0 Å². The maximum absolute atomic E-state index is 10.4. The van der Waals surface area contributed by atoms with Crippen LogP contribution in [-0.4, -0.2) is 22.8 Å². The van der Waals surface area contributed by atoms with Gasteiger partial charge in [-0.1, -0.05) is 13.8 Å². The molecule has 2 nitrogen and oxygen atoms in total. The molecule has 18 heavy (non-hydrogen) atoms. The summed E-state index contributed by atoms with van der Waals surface area (Å²) in [5.41, 5.74) is -0.184. The van der Waals surface area contributed by atoms with Crippen LogP contribution in [0, 0.1) is 23.7 Å². The minimum atomic E-state index is -0.566. The zero-order chi connectivity index (χ0) is 13.0. The Morgan fingerprint density at radius 2 is 1.56 bits per heavy atom. The van der Waals surface area contributed by atoms with E-state index in [9.17, 15) is 5.11 Å². The summed E-state index contributed by atoms with van der Waals surface area (Å²) < 4.78 is 0. The summed E-state index contributed by atoms with van der Waals surface area (Å²) in [5.74, 6) is 3.26. The number of β-amino-alcohol motifs (C(OH)–C–C–N with tert-alkyl or cyclic N) is 1. The second-order valence-electron chi connectivity index (χ2n) is 8.06. The van der Waals surface area contributed by atoms with Crippen molar-refractivity contribution >= 4 is 0 Å². The Hall–Kier alpha value is -0.0800. The molecule has 0 saturated heterocycles. The predicted octanol–water partition coefficient (Wildman–Crippen LogP) is 2.95. The zero-order valence-corrected chi connectivity index (χ0v) is 12.2. The van der Waals surface area contributed by atoms with E-state index in [2.05, 4.69) is 19.2 Å². The first-order valence-corrected chi connectivity index (χ1v) is 7.86. The van der Waals surface area contributed by atoms with Crippen molar-refractivity contribution in [3.63, 3.8) is 0 Å². The van der Waals surface area contributed by atoms with E-state index < -0.39 is 5.60 Å². The third kappa shape index (κ3) is 2.22. The molecule has 4 fully saturated rings. The summed E-state index contributed by atoms with van der Waals surface area (Å²) in [7, 11) is 0. The summed E-state index contributed by atoms with van der Waals surface area (Å²) in [6, 6.07) is 0. The van der Waals surface area contributed by atoms with Gasteiger partial charge >= 0.3 is 0 Å². The van der Waals surface area contributed by atoms with Crippen molar-refractivity contribution in [2.24, 2.45) is 23.7 Å². The van der Waals surface area contributed by atoms with Gasteiger partial charge in [0.2, 0.25) is 0 Å². The molecule has 1 unspecified atom stereocenters. The zero-order valence-electron chi connectivity index (χ0n) is 12.2. The summed E-state index contributed by atoms with van der Waals surface area (Å²) in [6.45, 7) is 6.96. The topological polar surface area (TPSA) is 32.3 Å². The van der Waals surface area contributed by atoms with E-state index in [4.69, 9.17) is 0 Å². The van der Waals surface area contributed by atoms with Crippen LogP contribution in [0.25, 0.3) is 0 Å². The average Bonchev–Trinajstić information content (AvgIpc) is 2.24. The Bertz CT molecular complexity index is 286. The number of rotatable bonds is 4. The van der Waals surface area contributed by atoms with Gasteiger partial charge in [-0.15, -0.1) is 0 Å². The summed E-state index contributed by atoms with van der Waals surface area (Å²) in [4.78, 5) is 0. The summed E-state index contributed by atoms with van der Waals surface area (Å²) >= 11 is 0. The highest BCUT2D eigenvalue weighted by molar-refractivity contribution is 5.07. The maximum atomic E-state index is 10.4. The molecule has 0 aliphatic heterocycles. The molecule has 0 radical (unpaired) electrons. The standard InChI is InChI=1S/C16H29NO/c1-11(2)15(3,18)10-17-16-7-12-4-13(8-16)6-14(5-12)9-16/h11-14,17-18H,4-10H2,1-3H3. The molecule has 4 rings (SSSR count). The third-order valence-corrected chi connectivity index (χ3v) is 6.10. The molecule has 4 saturated carbocycles. The van der Waals surface area contributed by atoms with E-state index >= 15 is 0 Å². The lowest BCUT2D eigenvalue weighted by atomic mass is 9.53. The van der Waals surface area contributed by atoms with Gasteiger partial charge in [-0.05, 0) is 69.1 Å². The molecule has 0 aromatic rings. The molecular formula is C16H29NO. The molecule has 104 valence electrons. The lowest BCUT2D eigenvalue weighted by Crippen LogP contribution is -2.61. The molecular weight excluding hydrogens is 222 g/mol. The van der Waals surface area contributed by atoms with Gasteiger partial charge in [0, 0.05) is 12.1 Å². The monoisotopic (exact) mass is 251 g/mol. The largest absolute Gasteiger partial charge is 0.389 e. The Balaban J connectivity index is 1.66. The molecule has 0 spiro atoms. The van der Waals surface area contributed by atoms with E-state index in [0.29, 0.717) is 11.5 Å². The molecule has 4 aliphatic carbocycles. The van der Waals surface area contributed by atoms with Crippen molar-refractivity contribution < 1.29 is 5.11 Å². The SMILES string of the molecule is CC(C)C(C)(O)CNC12CC3CC(CC(C3)C1)C2. The second-order valence-corrected chi connectivity index (χ2v) is 8.06.